The summed E-state index contributed by atoms with van der Waals surface area (Å²) in [5, 5.41) is 5.15. The van der Waals surface area contributed by atoms with E-state index in [-0.39, 0.29) is 23.4 Å². The molecule has 0 aliphatic carbocycles. The molecular weight excluding hydrogens is 405 g/mol. The van der Waals surface area contributed by atoms with E-state index in [0.29, 0.717) is 5.56 Å². The molecule has 2 N–H and O–H groups in total. The highest BCUT2D eigenvalue weighted by molar-refractivity contribution is 5.97. The Labute approximate surface area is 180 Å². The van der Waals surface area contributed by atoms with Crippen molar-refractivity contribution in [3.8, 4) is 11.8 Å². The average Bonchev–Trinajstić information content (AvgIpc) is 2.70. The largest absolute Gasteiger partial charge is 0.416 e. The van der Waals surface area contributed by atoms with Crippen molar-refractivity contribution in [3.63, 3.8) is 0 Å². The summed E-state index contributed by atoms with van der Waals surface area (Å²) >= 11 is 0. The predicted octanol–water partition coefficient (Wildman–Crippen LogP) is 4.29. The zero-order chi connectivity index (χ0) is 23.2. The minimum atomic E-state index is -4.44. The van der Waals surface area contributed by atoms with Crippen LogP contribution in [0.15, 0.2) is 48.5 Å². The summed E-state index contributed by atoms with van der Waals surface area (Å²) in [6, 6.07) is 11.0. The van der Waals surface area contributed by atoms with Gasteiger partial charge in [0, 0.05) is 11.1 Å². The number of carbonyl (C=O) groups is 2. The Morgan fingerprint density at radius 1 is 1.00 bits per heavy atom. The van der Waals surface area contributed by atoms with Crippen molar-refractivity contribution in [2.75, 3.05) is 6.54 Å². The quantitative estimate of drug-likeness (QED) is 0.711. The normalized spacial score (nSPS) is 12.4. The summed E-state index contributed by atoms with van der Waals surface area (Å²) in [4.78, 5) is 24.5. The zero-order valence-corrected chi connectivity index (χ0v) is 17.9. The van der Waals surface area contributed by atoms with Gasteiger partial charge in [0.25, 0.3) is 5.91 Å². The van der Waals surface area contributed by atoms with Gasteiger partial charge in [-0.3, -0.25) is 9.59 Å². The van der Waals surface area contributed by atoms with E-state index >= 15 is 0 Å². The van der Waals surface area contributed by atoms with Crippen LogP contribution in [0.5, 0.6) is 0 Å². The molecule has 0 spiro atoms. The van der Waals surface area contributed by atoms with Crippen LogP contribution in [0.4, 0.5) is 13.2 Å². The zero-order valence-electron chi connectivity index (χ0n) is 17.9. The fourth-order valence-electron chi connectivity index (χ4n) is 2.67. The van der Waals surface area contributed by atoms with E-state index in [0.717, 1.165) is 17.7 Å². The van der Waals surface area contributed by atoms with Crippen molar-refractivity contribution in [2.45, 2.75) is 45.3 Å². The molecule has 0 saturated carbocycles. The van der Waals surface area contributed by atoms with E-state index in [1.165, 1.54) is 19.1 Å². The average molecular weight is 430 g/mol. The van der Waals surface area contributed by atoms with E-state index in [4.69, 9.17) is 0 Å². The lowest BCUT2D eigenvalue weighted by Crippen LogP contribution is -2.44. The molecule has 31 heavy (non-hydrogen) atoms. The van der Waals surface area contributed by atoms with Gasteiger partial charge in [-0.25, -0.2) is 0 Å². The van der Waals surface area contributed by atoms with Crippen molar-refractivity contribution >= 4 is 11.8 Å². The van der Waals surface area contributed by atoms with Gasteiger partial charge in [0.1, 0.15) is 6.04 Å². The van der Waals surface area contributed by atoms with E-state index in [9.17, 15) is 22.8 Å². The van der Waals surface area contributed by atoms with E-state index in [1.54, 1.807) is 12.1 Å². The summed E-state index contributed by atoms with van der Waals surface area (Å²) in [6.07, 6.45) is -4.44. The first kappa shape index (κ1) is 24.0. The Kier molecular flexibility index (Phi) is 7.50. The number of amides is 2. The molecule has 0 aliphatic rings. The summed E-state index contributed by atoms with van der Waals surface area (Å²) in [6.45, 7) is 7.70. The van der Waals surface area contributed by atoms with Gasteiger partial charge in [-0.05, 0) is 48.2 Å². The van der Waals surface area contributed by atoms with Gasteiger partial charge in [-0.15, -0.1) is 0 Å². The number of halogens is 3. The van der Waals surface area contributed by atoms with Gasteiger partial charge in [0.05, 0.1) is 12.1 Å². The third kappa shape index (κ3) is 7.18. The lowest BCUT2D eigenvalue weighted by molar-refractivity contribution is -0.137. The number of rotatable bonds is 4. The van der Waals surface area contributed by atoms with Crippen LogP contribution < -0.4 is 10.6 Å². The van der Waals surface area contributed by atoms with Crippen molar-refractivity contribution in [1.82, 2.24) is 10.6 Å². The SMILES string of the molecule is CC(NC(=O)c1ccc(C(C)(C)C)cc1)C(=O)NCC#Cc1cccc(C(F)(F)F)c1. The lowest BCUT2D eigenvalue weighted by Gasteiger charge is -2.19. The number of hydrogen-bond donors (Lipinski definition) is 2. The van der Waals surface area contributed by atoms with Crippen molar-refractivity contribution in [3.05, 3.63) is 70.8 Å². The second-order valence-electron chi connectivity index (χ2n) is 8.12. The number of carbonyl (C=O) groups excluding carboxylic acids is 2. The molecule has 2 aromatic carbocycles. The van der Waals surface area contributed by atoms with Crippen LogP contribution in [0.2, 0.25) is 0 Å². The minimum absolute atomic E-state index is 0.0305. The van der Waals surface area contributed by atoms with Gasteiger partial charge in [0.15, 0.2) is 0 Å². The summed E-state index contributed by atoms with van der Waals surface area (Å²) in [7, 11) is 0. The molecule has 0 aromatic heterocycles. The fraction of sp³-hybridized carbons (Fsp3) is 0.333. The molecular formula is C24H25F3N2O2. The highest BCUT2D eigenvalue weighted by Crippen LogP contribution is 2.29. The number of benzene rings is 2. The van der Waals surface area contributed by atoms with Crippen LogP contribution in [0.25, 0.3) is 0 Å². The maximum absolute atomic E-state index is 12.7. The van der Waals surface area contributed by atoms with Gasteiger partial charge in [0.2, 0.25) is 5.91 Å². The molecule has 1 unspecified atom stereocenters. The van der Waals surface area contributed by atoms with Crippen molar-refractivity contribution < 1.29 is 22.8 Å². The fourth-order valence-corrected chi connectivity index (χ4v) is 2.67. The number of alkyl halides is 3. The molecule has 0 saturated heterocycles. The van der Waals surface area contributed by atoms with Gasteiger partial charge >= 0.3 is 6.18 Å². The first-order valence-electron chi connectivity index (χ1n) is 9.73. The Morgan fingerprint density at radius 2 is 1.65 bits per heavy atom. The minimum Gasteiger partial charge on any atom is -0.343 e. The summed E-state index contributed by atoms with van der Waals surface area (Å²) in [5.74, 6) is 4.37. The third-order valence-corrected chi connectivity index (χ3v) is 4.53. The standard InChI is InChI=1S/C24H25F3N2O2/c1-16(29-22(31)18-10-12-19(13-11-18)23(2,3)4)21(30)28-14-6-8-17-7-5-9-20(15-17)24(25,26)27/h5,7,9-13,15-16H,14H2,1-4H3,(H,28,30)(H,29,31). The molecule has 2 aromatic rings. The molecule has 4 nitrogen and oxygen atoms in total. The van der Waals surface area contributed by atoms with E-state index in [2.05, 4.69) is 43.2 Å². The van der Waals surface area contributed by atoms with E-state index in [1.807, 2.05) is 12.1 Å². The molecule has 1 atom stereocenters. The second-order valence-corrected chi connectivity index (χ2v) is 8.12. The lowest BCUT2D eigenvalue weighted by atomic mass is 9.86. The third-order valence-electron chi connectivity index (χ3n) is 4.53. The summed E-state index contributed by atoms with van der Waals surface area (Å²) < 4.78 is 38.1. The Bertz CT molecular complexity index is 994. The topological polar surface area (TPSA) is 58.2 Å². The van der Waals surface area contributed by atoms with Crippen LogP contribution in [0.3, 0.4) is 0 Å². The molecule has 0 bridgehead atoms. The molecule has 164 valence electrons. The van der Waals surface area contributed by atoms with Crippen molar-refractivity contribution in [1.29, 1.82) is 0 Å². The molecule has 7 heteroatoms. The molecule has 2 amide bonds. The monoisotopic (exact) mass is 430 g/mol. The molecule has 0 fully saturated rings. The smallest absolute Gasteiger partial charge is 0.343 e. The number of nitrogens with one attached hydrogen (secondary N) is 2. The second kappa shape index (κ2) is 9.69. The maximum atomic E-state index is 12.7. The Balaban J connectivity index is 1.88. The highest BCUT2D eigenvalue weighted by Gasteiger charge is 2.30. The Morgan fingerprint density at radius 3 is 2.23 bits per heavy atom. The first-order chi connectivity index (χ1) is 14.4. The Hall–Kier alpha value is -3.27. The number of hydrogen-bond acceptors (Lipinski definition) is 2. The van der Waals surface area contributed by atoms with Crippen LogP contribution >= 0.6 is 0 Å². The van der Waals surface area contributed by atoms with Gasteiger partial charge in [-0.2, -0.15) is 13.2 Å². The molecule has 2 rings (SSSR count). The highest BCUT2D eigenvalue weighted by atomic mass is 19.4. The molecule has 0 radical (unpaired) electrons. The molecule has 0 aliphatic heterocycles. The first-order valence-corrected chi connectivity index (χ1v) is 9.73. The molecule has 0 heterocycles. The van der Waals surface area contributed by atoms with Gasteiger partial charge < -0.3 is 10.6 Å². The van der Waals surface area contributed by atoms with Crippen LogP contribution in [0.1, 0.15) is 54.7 Å². The van der Waals surface area contributed by atoms with Crippen LogP contribution in [-0.2, 0) is 16.4 Å². The van der Waals surface area contributed by atoms with Crippen molar-refractivity contribution in [2.24, 2.45) is 0 Å². The van der Waals surface area contributed by atoms with Crippen LogP contribution in [0, 0.1) is 11.8 Å². The van der Waals surface area contributed by atoms with E-state index < -0.39 is 23.7 Å². The van der Waals surface area contributed by atoms with Gasteiger partial charge in [-0.1, -0.05) is 50.8 Å². The summed E-state index contributed by atoms with van der Waals surface area (Å²) in [5.41, 5.74) is 0.919. The van der Waals surface area contributed by atoms with Crippen LogP contribution in [-0.4, -0.2) is 24.4 Å². The maximum Gasteiger partial charge on any atom is 0.416 e. The predicted molar refractivity (Wildman–Crippen MR) is 113 cm³/mol.